The van der Waals surface area contributed by atoms with Gasteiger partial charge in [-0.2, -0.15) is 10.1 Å². The maximum absolute atomic E-state index is 13.3. The normalized spacial score (nSPS) is 23.7. The van der Waals surface area contributed by atoms with Gasteiger partial charge in [-0.05, 0) is 37.8 Å². The minimum Gasteiger partial charge on any atom is -0.379 e. The van der Waals surface area contributed by atoms with Crippen LogP contribution in [0.15, 0.2) is 29.1 Å². The predicted molar refractivity (Wildman–Crippen MR) is 123 cm³/mol. The van der Waals surface area contributed by atoms with Crippen LogP contribution in [0, 0.1) is 5.41 Å². The highest BCUT2D eigenvalue weighted by Crippen LogP contribution is 2.53. The Bertz CT molecular complexity index is 1390. The second kappa shape index (κ2) is 6.64. The Morgan fingerprint density at radius 2 is 1.91 bits per heavy atom. The first-order chi connectivity index (χ1) is 16.1. The summed E-state index contributed by atoms with van der Waals surface area (Å²) in [5.74, 6) is 1.44. The van der Waals surface area contributed by atoms with E-state index < -0.39 is 0 Å². The first kappa shape index (κ1) is 19.2. The van der Waals surface area contributed by atoms with E-state index in [0.717, 1.165) is 67.9 Å². The average molecular weight is 447 g/mol. The van der Waals surface area contributed by atoms with Gasteiger partial charge < -0.3 is 20.4 Å². The topological polar surface area (TPSA) is 142 Å². The molecule has 10 nitrogen and oxygen atoms in total. The number of nitrogens with two attached hydrogens (primary N) is 1. The maximum atomic E-state index is 13.3. The number of piperidine rings is 1. The molecule has 7 rings (SSSR count). The molecule has 4 aromatic rings. The molecule has 1 spiro atoms. The number of rotatable bonds is 3. The molecule has 170 valence electrons. The molecule has 0 bridgehead atoms. The van der Waals surface area contributed by atoms with E-state index in [9.17, 15) is 4.79 Å². The summed E-state index contributed by atoms with van der Waals surface area (Å²) in [6.07, 6.45) is 3.65. The summed E-state index contributed by atoms with van der Waals surface area (Å²) < 4.78 is 5.63. The summed E-state index contributed by atoms with van der Waals surface area (Å²) in [7, 11) is 0. The Balaban J connectivity index is 1.22. The lowest BCUT2D eigenvalue weighted by Crippen LogP contribution is -2.49. The number of anilines is 1. The molecular weight excluding hydrogens is 420 g/mol. The second-order valence-electron chi connectivity index (χ2n) is 9.84. The number of H-pyrrole nitrogens is 3. The van der Waals surface area contributed by atoms with Crippen molar-refractivity contribution in [3.05, 3.63) is 46.1 Å². The van der Waals surface area contributed by atoms with E-state index in [2.05, 4.69) is 25.1 Å². The molecule has 0 amide bonds. The van der Waals surface area contributed by atoms with Crippen molar-refractivity contribution in [3.8, 4) is 0 Å². The maximum Gasteiger partial charge on any atom is 0.263 e. The second-order valence-corrected chi connectivity index (χ2v) is 9.84. The molecule has 1 aromatic carbocycles. The third-order valence-corrected chi connectivity index (χ3v) is 8.00. The van der Waals surface area contributed by atoms with Crippen molar-refractivity contribution in [2.75, 3.05) is 31.2 Å². The van der Waals surface area contributed by atoms with Gasteiger partial charge in [0.25, 0.3) is 5.56 Å². The van der Waals surface area contributed by atoms with Crippen LogP contribution in [0.2, 0.25) is 0 Å². The monoisotopic (exact) mass is 446 g/mol. The van der Waals surface area contributed by atoms with Gasteiger partial charge in [0, 0.05) is 24.5 Å². The molecule has 0 radical (unpaired) electrons. The van der Waals surface area contributed by atoms with Gasteiger partial charge in [-0.3, -0.25) is 14.9 Å². The Morgan fingerprint density at radius 3 is 2.64 bits per heavy atom. The number of imidazole rings is 1. The van der Waals surface area contributed by atoms with Gasteiger partial charge in [0.2, 0.25) is 5.95 Å². The number of nitrogens with one attached hydrogen (secondary N) is 3. The zero-order valence-electron chi connectivity index (χ0n) is 18.2. The largest absolute Gasteiger partial charge is 0.379 e. The number of para-hydroxylation sites is 2. The Hall–Kier alpha value is -3.24. The highest BCUT2D eigenvalue weighted by atomic mass is 16.5. The van der Waals surface area contributed by atoms with Crippen molar-refractivity contribution in [2.24, 2.45) is 11.1 Å². The van der Waals surface area contributed by atoms with Gasteiger partial charge in [-0.1, -0.05) is 12.1 Å². The van der Waals surface area contributed by atoms with Gasteiger partial charge in [0.1, 0.15) is 11.2 Å². The molecule has 1 aliphatic carbocycles. The Labute approximate surface area is 188 Å². The Morgan fingerprint density at radius 1 is 1.09 bits per heavy atom. The molecule has 3 fully saturated rings. The molecule has 3 aliphatic rings. The highest BCUT2D eigenvalue weighted by Gasteiger charge is 2.52. The van der Waals surface area contributed by atoms with Crippen LogP contribution in [-0.2, 0) is 10.2 Å². The summed E-state index contributed by atoms with van der Waals surface area (Å²) >= 11 is 0. The van der Waals surface area contributed by atoms with Crippen molar-refractivity contribution in [1.29, 1.82) is 0 Å². The average Bonchev–Trinajstić information content (AvgIpc) is 3.16. The quantitative estimate of drug-likeness (QED) is 0.374. The lowest BCUT2D eigenvalue weighted by molar-refractivity contribution is 0.131. The fourth-order valence-electron chi connectivity index (χ4n) is 5.66. The third-order valence-electron chi connectivity index (χ3n) is 8.00. The lowest BCUT2D eigenvalue weighted by Gasteiger charge is -2.40. The molecular formula is C23H26N8O2. The van der Waals surface area contributed by atoms with Crippen LogP contribution in [0.1, 0.15) is 37.2 Å². The summed E-state index contributed by atoms with van der Waals surface area (Å²) in [6, 6.07) is 8.04. The van der Waals surface area contributed by atoms with Crippen LogP contribution in [0.3, 0.4) is 0 Å². The summed E-state index contributed by atoms with van der Waals surface area (Å²) in [4.78, 5) is 31.4. The van der Waals surface area contributed by atoms with Crippen molar-refractivity contribution >= 4 is 28.0 Å². The molecule has 2 saturated heterocycles. The van der Waals surface area contributed by atoms with Crippen LogP contribution in [-0.4, -0.2) is 62.5 Å². The highest BCUT2D eigenvalue weighted by molar-refractivity contribution is 5.81. The minimum atomic E-state index is -0.371. The summed E-state index contributed by atoms with van der Waals surface area (Å²) in [6.45, 7) is 2.93. The van der Waals surface area contributed by atoms with Gasteiger partial charge in [0.05, 0.1) is 35.4 Å². The van der Waals surface area contributed by atoms with E-state index in [1.54, 1.807) is 0 Å². The predicted octanol–water partition coefficient (Wildman–Crippen LogP) is 1.55. The van der Waals surface area contributed by atoms with E-state index in [1.165, 1.54) is 0 Å². The lowest BCUT2D eigenvalue weighted by atomic mass is 9.75. The number of benzene rings is 1. The van der Waals surface area contributed by atoms with Gasteiger partial charge >= 0.3 is 0 Å². The van der Waals surface area contributed by atoms with Crippen molar-refractivity contribution in [2.45, 2.75) is 37.1 Å². The molecule has 2 aliphatic heterocycles. The van der Waals surface area contributed by atoms with E-state index in [1.807, 2.05) is 24.3 Å². The molecule has 5 heterocycles. The Kier molecular flexibility index (Phi) is 3.88. The number of hydrogen-bond acceptors (Lipinski definition) is 7. The number of hydrogen-bond donors (Lipinski definition) is 4. The van der Waals surface area contributed by atoms with Crippen molar-refractivity contribution in [1.82, 2.24) is 30.1 Å². The van der Waals surface area contributed by atoms with E-state index in [4.69, 9.17) is 20.4 Å². The number of fused-ring (bicyclic) bond motifs is 2. The first-order valence-corrected chi connectivity index (χ1v) is 11.6. The summed E-state index contributed by atoms with van der Waals surface area (Å²) in [5, 5.41) is 8.12. The van der Waals surface area contributed by atoms with Crippen LogP contribution < -0.4 is 16.2 Å². The fraction of sp³-hybridized carbons (Fsp3) is 0.478. The number of ether oxygens (including phenoxy) is 1. The molecule has 1 saturated carbocycles. The molecule has 1 atom stereocenters. The van der Waals surface area contributed by atoms with E-state index in [0.29, 0.717) is 23.6 Å². The van der Waals surface area contributed by atoms with E-state index >= 15 is 0 Å². The van der Waals surface area contributed by atoms with Gasteiger partial charge in [0.15, 0.2) is 5.65 Å². The number of aromatic nitrogens is 6. The third kappa shape index (κ3) is 2.74. The molecule has 1 unspecified atom stereocenters. The van der Waals surface area contributed by atoms with Gasteiger partial charge in [-0.15, -0.1) is 0 Å². The van der Waals surface area contributed by atoms with Crippen LogP contribution in [0.25, 0.3) is 22.1 Å². The van der Waals surface area contributed by atoms with Crippen LogP contribution >= 0.6 is 0 Å². The number of nitrogens with zero attached hydrogens (tertiary/aromatic N) is 4. The number of aromatic amines is 3. The summed E-state index contributed by atoms with van der Waals surface area (Å²) in [5.41, 5.74) is 8.98. The van der Waals surface area contributed by atoms with Crippen molar-refractivity contribution in [3.63, 3.8) is 0 Å². The van der Waals surface area contributed by atoms with Crippen LogP contribution in [0.5, 0.6) is 0 Å². The fourth-order valence-corrected chi connectivity index (χ4v) is 5.66. The zero-order chi connectivity index (χ0) is 22.2. The SMILES string of the molecule is NC1COCC12CCN(c1nc3[nH]nc(C4(c5nc6ccccc6[nH]5)CC4)c3c(=O)[nH]1)CC2. The minimum absolute atomic E-state index is 0.0486. The zero-order valence-corrected chi connectivity index (χ0v) is 18.2. The van der Waals surface area contributed by atoms with Crippen LogP contribution in [0.4, 0.5) is 5.95 Å². The van der Waals surface area contributed by atoms with Gasteiger partial charge in [-0.25, -0.2) is 4.98 Å². The standard InChI is InChI=1S/C23H26N8O2/c24-15-11-33-12-22(15)7-9-31(10-8-22)21-27-18-16(19(32)28-21)17(29-30-18)23(5-6-23)20-25-13-3-1-2-4-14(13)26-20/h1-4,15H,5-12,24H2,(H,25,26)(H2,27,28,29,30,32). The molecule has 5 N–H and O–H groups in total. The molecule has 3 aromatic heterocycles. The smallest absolute Gasteiger partial charge is 0.263 e. The molecule has 33 heavy (non-hydrogen) atoms. The van der Waals surface area contributed by atoms with E-state index in [-0.39, 0.29) is 22.4 Å². The molecule has 10 heteroatoms. The van der Waals surface area contributed by atoms with Crippen molar-refractivity contribution < 1.29 is 4.74 Å². The first-order valence-electron chi connectivity index (χ1n) is 11.6.